The number of nitrogens with one attached hydrogen (secondary N) is 1. The van der Waals surface area contributed by atoms with Crippen LogP contribution < -0.4 is 11.1 Å². The minimum absolute atomic E-state index is 0.431. The average molecular weight is 183 g/mol. The van der Waals surface area contributed by atoms with Gasteiger partial charge in [0.05, 0.1) is 0 Å². The summed E-state index contributed by atoms with van der Waals surface area (Å²) in [5.41, 5.74) is 4.94. The number of amides is 2. The zero-order valence-corrected chi connectivity index (χ0v) is 8.09. The summed E-state index contributed by atoms with van der Waals surface area (Å²) in [6.07, 6.45) is 10.1. The summed E-state index contributed by atoms with van der Waals surface area (Å²) >= 11 is 0. The summed E-state index contributed by atoms with van der Waals surface area (Å²) in [6.45, 7) is 0.617. The van der Waals surface area contributed by atoms with Crippen molar-refractivity contribution in [1.82, 2.24) is 5.32 Å². The number of carbonyl (C=O) groups is 1. The van der Waals surface area contributed by atoms with E-state index in [-0.39, 0.29) is 0 Å². The lowest BCUT2D eigenvalue weighted by atomic mass is 9.86. The van der Waals surface area contributed by atoms with Crippen molar-refractivity contribution >= 4 is 6.03 Å². The lowest BCUT2D eigenvalue weighted by Crippen LogP contribution is -2.30. The number of hydrogen-bond donors (Lipinski definition) is 2. The van der Waals surface area contributed by atoms with Gasteiger partial charge in [-0.2, -0.15) is 0 Å². The van der Waals surface area contributed by atoms with Crippen LogP contribution >= 0.6 is 0 Å². The molecule has 3 nitrogen and oxygen atoms in total. The molecule has 0 aliphatic heterocycles. The van der Waals surface area contributed by atoms with Crippen molar-refractivity contribution in [3.8, 4) is 0 Å². The molecule has 2 amide bonds. The first-order chi connectivity index (χ1) is 6.29. The maximum absolute atomic E-state index is 10.3. The first-order valence-corrected chi connectivity index (χ1v) is 5.14. The Morgan fingerprint density at radius 3 is 2.69 bits per heavy atom. The highest BCUT2D eigenvalue weighted by molar-refractivity contribution is 5.71. The third kappa shape index (κ3) is 4.76. The summed E-state index contributed by atoms with van der Waals surface area (Å²) < 4.78 is 0. The number of nitrogens with two attached hydrogens (primary N) is 1. The molecular formula is C10H19N2O. The van der Waals surface area contributed by atoms with E-state index >= 15 is 0 Å². The summed E-state index contributed by atoms with van der Waals surface area (Å²) in [6, 6.07) is -0.431. The molecular weight excluding hydrogens is 164 g/mol. The number of rotatable bonds is 4. The predicted molar refractivity (Wildman–Crippen MR) is 53.1 cm³/mol. The fraction of sp³-hybridized carbons (Fsp3) is 0.800. The van der Waals surface area contributed by atoms with Crippen LogP contribution in [0.4, 0.5) is 4.79 Å². The molecule has 0 spiro atoms. The van der Waals surface area contributed by atoms with Crippen molar-refractivity contribution in [2.45, 2.75) is 38.5 Å². The Morgan fingerprint density at radius 2 is 2.08 bits per heavy atom. The van der Waals surface area contributed by atoms with Crippen LogP contribution in [0.25, 0.3) is 0 Å². The van der Waals surface area contributed by atoms with Gasteiger partial charge >= 0.3 is 6.03 Å². The van der Waals surface area contributed by atoms with Gasteiger partial charge in [-0.25, -0.2) is 4.79 Å². The number of primary amides is 1. The summed E-state index contributed by atoms with van der Waals surface area (Å²) in [4.78, 5) is 10.3. The van der Waals surface area contributed by atoms with Crippen LogP contribution in [0.2, 0.25) is 0 Å². The monoisotopic (exact) mass is 183 g/mol. The highest BCUT2D eigenvalue weighted by Gasteiger charge is 2.12. The summed E-state index contributed by atoms with van der Waals surface area (Å²) in [5.74, 6) is 0.850. The van der Waals surface area contributed by atoms with E-state index in [4.69, 9.17) is 5.73 Å². The van der Waals surface area contributed by atoms with Crippen LogP contribution in [-0.2, 0) is 0 Å². The van der Waals surface area contributed by atoms with Crippen LogP contribution in [-0.4, -0.2) is 12.6 Å². The van der Waals surface area contributed by atoms with E-state index in [9.17, 15) is 4.79 Å². The van der Waals surface area contributed by atoms with Gasteiger partial charge in [-0.1, -0.05) is 32.1 Å². The molecule has 0 bridgehead atoms. The first kappa shape index (κ1) is 10.4. The summed E-state index contributed by atoms with van der Waals surface area (Å²) in [5, 5.41) is 2.57. The lowest BCUT2D eigenvalue weighted by Gasteiger charge is -2.20. The van der Waals surface area contributed by atoms with Crippen LogP contribution in [0, 0.1) is 12.3 Å². The van der Waals surface area contributed by atoms with Crippen molar-refractivity contribution in [3.63, 3.8) is 0 Å². The molecule has 0 saturated heterocycles. The fourth-order valence-electron chi connectivity index (χ4n) is 1.91. The van der Waals surface area contributed by atoms with Crippen LogP contribution in [0.1, 0.15) is 38.5 Å². The molecule has 1 radical (unpaired) electrons. The largest absolute Gasteiger partial charge is 0.352 e. The van der Waals surface area contributed by atoms with E-state index in [2.05, 4.69) is 11.7 Å². The Labute approximate surface area is 80.1 Å². The molecule has 0 unspecified atom stereocenters. The van der Waals surface area contributed by atoms with E-state index in [1.165, 1.54) is 32.1 Å². The molecule has 0 aromatic heterocycles. The molecule has 3 N–H and O–H groups in total. The zero-order chi connectivity index (χ0) is 9.52. The van der Waals surface area contributed by atoms with Gasteiger partial charge in [0.2, 0.25) is 0 Å². The second-order valence-corrected chi connectivity index (χ2v) is 3.77. The van der Waals surface area contributed by atoms with Gasteiger partial charge in [-0.3, -0.25) is 0 Å². The third-order valence-corrected chi connectivity index (χ3v) is 2.65. The molecule has 3 heteroatoms. The molecule has 75 valence electrons. The summed E-state index contributed by atoms with van der Waals surface area (Å²) in [7, 11) is 0. The van der Waals surface area contributed by atoms with Crippen LogP contribution in [0.3, 0.4) is 0 Å². The molecule has 1 fully saturated rings. The highest BCUT2D eigenvalue weighted by atomic mass is 16.2. The van der Waals surface area contributed by atoms with E-state index in [1.54, 1.807) is 0 Å². The standard InChI is InChI=1S/C10H19N2O/c11-10(13)12-8-4-7-9-5-2-1-3-6-9/h4,9H,1-3,5-8H2,(H3,11,12,13). The molecule has 0 atom stereocenters. The van der Waals surface area contributed by atoms with Gasteiger partial charge in [-0.15, -0.1) is 0 Å². The SMILES string of the molecule is NC(=O)NC[CH]CC1CCCCC1. The molecule has 1 saturated carbocycles. The van der Waals surface area contributed by atoms with E-state index in [1.807, 2.05) is 0 Å². The Hall–Kier alpha value is -0.730. The predicted octanol–water partition coefficient (Wildman–Crippen LogP) is 1.83. The third-order valence-electron chi connectivity index (χ3n) is 2.65. The Kier molecular flexibility index (Phi) is 4.65. The highest BCUT2D eigenvalue weighted by Crippen LogP contribution is 2.26. The molecule has 0 aromatic carbocycles. The maximum Gasteiger partial charge on any atom is 0.312 e. The van der Waals surface area contributed by atoms with Gasteiger partial charge in [0.25, 0.3) is 0 Å². The minimum Gasteiger partial charge on any atom is -0.352 e. The second-order valence-electron chi connectivity index (χ2n) is 3.77. The van der Waals surface area contributed by atoms with Crippen LogP contribution in [0.5, 0.6) is 0 Å². The Morgan fingerprint density at radius 1 is 1.38 bits per heavy atom. The van der Waals surface area contributed by atoms with Crippen molar-refractivity contribution in [2.75, 3.05) is 6.54 Å². The van der Waals surface area contributed by atoms with Crippen molar-refractivity contribution in [3.05, 3.63) is 6.42 Å². The first-order valence-electron chi connectivity index (χ1n) is 5.14. The van der Waals surface area contributed by atoms with Gasteiger partial charge < -0.3 is 11.1 Å². The molecule has 1 aliphatic carbocycles. The number of urea groups is 1. The quantitative estimate of drug-likeness (QED) is 0.642. The fourth-order valence-corrected chi connectivity index (χ4v) is 1.91. The van der Waals surface area contributed by atoms with E-state index in [0.29, 0.717) is 6.54 Å². The van der Waals surface area contributed by atoms with E-state index in [0.717, 1.165) is 12.3 Å². The number of hydrogen-bond acceptors (Lipinski definition) is 1. The average Bonchev–Trinajstić information content (AvgIpc) is 2.14. The molecule has 1 aliphatic rings. The Bertz CT molecular complexity index is 153. The van der Waals surface area contributed by atoms with Gasteiger partial charge in [0.1, 0.15) is 0 Å². The molecule has 1 rings (SSSR count). The van der Waals surface area contributed by atoms with Gasteiger partial charge in [-0.05, 0) is 18.8 Å². The molecule has 13 heavy (non-hydrogen) atoms. The topological polar surface area (TPSA) is 55.1 Å². The maximum atomic E-state index is 10.3. The normalized spacial score (nSPS) is 18.5. The van der Waals surface area contributed by atoms with Crippen LogP contribution in [0.15, 0.2) is 0 Å². The lowest BCUT2D eigenvalue weighted by molar-refractivity contribution is 0.249. The molecule has 0 heterocycles. The van der Waals surface area contributed by atoms with Crippen molar-refractivity contribution < 1.29 is 4.79 Å². The van der Waals surface area contributed by atoms with Crippen molar-refractivity contribution in [2.24, 2.45) is 11.7 Å². The smallest absolute Gasteiger partial charge is 0.312 e. The van der Waals surface area contributed by atoms with E-state index < -0.39 is 6.03 Å². The number of carbonyl (C=O) groups excluding carboxylic acids is 1. The minimum atomic E-state index is -0.431. The zero-order valence-electron chi connectivity index (χ0n) is 8.09. The Balaban J connectivity index is 1.95. The van der Waals surface area contributed by atoms with Gasteiger partial charge in [0.15, 0.2) is 0 Å². The second kappa shape index (κ2) is 5.84. The van der Waals surface area contributed by atoms with Gasteiger partial charge in [0, 0.05) is 6.54 Å². The molecule has 0 aromatic rings. The van der Waals surface area contributed by atoms with Crippen molar-refractivity contribution in [1.29, 1.82) is 0 Å².